The summed E-state index contributed by atoms with van der Waals surface area (Å²) in [6.07, 6.45) is 0. The van der Waals surface area contributed by atoms with Crippen molar-refractivity contribution in [3.63, 3.8) is 0 Å². The molecule has 0 aliphatic rings. The maximum Gasteiger partial charge on any atom is 3.00 e. The average Bonchev–Trinajstić information content (AvgIpc) is 0. The van der Waals surface area contributed by atoms with E-state index in [-0.39, 0.29) is 61.8 Å². The molecule has 7 heavy (non-hydrogen) atoms. The first-order valence-electron chi connectivity index (χ1n) is 0. The van der Waals surface area contributed by atoms with Crippen LogP contribution in [0.5, 0.6) is 0 Å². The van der Waals surface area contributed by atoms with E-state index in [1.807, 2.05) is 0 Å². The molecule has 49 valence electrons. The van der Waals surface area contributed by atoms with Crippen molar-refractivity contribution in [2.75, 3.05) is 0 Å². The molecule has 0 atom stereocenters. The number of hydrogen-bond donors (Lipinski definition) is 0. The standard InChI is InChI=1S/Al.Cu.5H2O/h;;5*1H2/q+3;+2;;;;;/p-5. The van der Waals surface area contributed by atoms with Gasteiger partial charge in [0.1, 0.15) is 0 Å². The van der Waals surface area contributed by atoms with Crippen LogP contribution in [0.3, 0.4) is 0 Å². The molecule has 0 aromatic carbocycles. The summed E-state index contributed by atoms with van der Waals surface area (Å²) in [5.74, 6) is 0. The maximum atomic E-state index is 0. The quantitative estimate of drug-likeness (QED) is 0.421. The molecule has 0 rings (SSSR count). The van der Waals surface area contributed by atoms with Crippen molar-refractivity contribution >= 4 is 17.4 Å². The molecule has 0 fully saturated rings. The van der Waals surface area contributed by atoms with E-state index in [1.165, 1.54) is 0 Å². The molecule has 7 heteroatoms. The summed E-state index contributed by atoms with van der Waals surface area (Å²) in [4.78, 5) is 0. The fourth-order valence-corrected chi connectivity index (χ4v) is 0. The Kier molecular flexibility index (Phi) is 23500. The van der Waals surface area contributed by atoms with E-state index in [0.717, 1.165) is 0 Å². The van der Waals surface area contributed by atoms with Gasteiger partial charge in [0.15, 0.2) is 0 Å². The van der Waals surface area contributed by atoms with Gasteiger partial charge in [-0.15, -0.1) is 0 Å². The van der Waals surface area contributed by atoms with Gasteiger partial charge in [-0.2, -0.15) is 0 Å². The fraction of sp³-hybridized carbons (Fsp3) is 0. The van der Waals surface area contributed by atoms with Crippen LogP contribution < -0.4 is 0 Å². The molecular formula is H5AlCuO5. The Labute approximate surface area is 62.2 Å². The fourth-order valence-electron chi connectivity index (χ4n) is 0. The number of rotatable bonds is 0. The molecular weight excluding hydrogens is 171 g/mol. The van der Waals surface area contributed by atoms with Gasteiger partial charge in [0.05, 0.1) is 0 Å². The summed E-state index contributed by atoms with van der Waals surface area (Å²) >= 11 is 0. The van der Waals surface area contributed by atoms with Crippen LogP contribution in [0.15, 0.2) is 0 Å². The van der Waals surface area contributed by atoms with Gasteiger partial charge in [0.2, 0.25) is 0 Å². The molecule has 0 aliphatic carbocycles. The van der Waals surface area contributed by atoms with E-state index in [4.69, 9.17) is 0 Å². The number of hydrogen-bond acceptors (Lipinski definition) is 5. The second-order valence-electron chi connectivity index (χ2n) is 0. The summed E-state index contributed by atoms with van der Waals surface area (Å²) in [5, 5.41) is 0. The minimum atomic E-state index is 0. The third-order valence-corrected chi connectivity index (χ3v) is 0. The van der Waals surface area contributed by atoms with Gasteiger partial charge in [-0.05, 0) is 0 Å². The minimum absolute atomic E-state index is 0. The topological polar surface area (TPSA) is 150 Å². The zero-order valence-corrected chi connectivity index (χ0v) is 5.21. The zero-order valence-electron chi connectivity index (χ0n) is 3.11. The monoisotopic (exact) mass is 175 g/mol. The van der Waals surface area contributed by atoms with Crippen molar-refractivity contribution in [3.05, 3.63) is 0 Å². The molecule has 5 nitrogen and oxygen atoms in total. The van der Waals surface area contributed by atoms with Crippen LogP contribution in [0.1, 0.15) is 0 Å². The second-order valence-corrected chi connectivity index (χ2v) is 0. The average molecular weight is 176 g/mol. The van der Waals surface area contributed by atoms with Gasteiger partial charge in [0, 0.05) is 0 Å². The molecule has 0 saturated heterocycles. The van der Waals surface area contributed by atoms with Crippen LogP contribution in [0.4, 0.5) is 0 Å². The molecule has 0 aromatic rings. The van der Waals surface area contributed by atoms with Crippen LogP contribution in [0.25, 0.3) is 0 Å². The van der Waals surface area contributed by atoms with Gasteiger partial charge < -0.3 is 27.4 Å². The molecule has 0 amide bonds. The van der Waals surface area contributed by atoms with E-state index in [0.29, 0.717) is 0 Å². The molecule has 0 bridgehead atoms. The van der Waals surface area contributed by atoms with Crippen LogP contribution in [0, 0.1) is 0 Å². The Hall–Kier alpha value is 0.852. The summed E-state index contributed by atoms with van der Waals surface area (Å²) in [5.41, 5.74) is 0. The summed E-state index contributed by atoms with van der Waals surface area (Å²) < 4.78 is 0. The predicted molar refractivity (Wildman–Crippen MR) is 15.4 cm³/mol. The van der Waals surface area contributed by atoms with Crippen LogP contribution >= 0.6 is 0 Å². The van der Waals surface area contributed by atoms with E-state index in [1.54, 1.807) is 0 Å². The zero-order chi connectivity index (χ0) is 0. The van der Waals surface area contributed by atoms with Crippen molar-refractivity contribution in [1.29, 1.82) is 0 Å². The van der Waals surface area contributed by atoms with Gasteiger partial charge in [-0.1, -0.05) is 0 Å². The summed E-state index contributed by atoms with van der Waals surface area (Å²) in [6.45, 7) is 0. The van der Waals surface area contributed by atoms with E-state index in [9.17, 15) is 0 Å². The Bertz CT molecular complexity index is 8.04. The third-order valence-electron chi connectivity index (χ3n) is 0. The van der Waals surface area contributed by atoms with Crippen LogP contribution in [-0.2, 0) is 17.1 Å². The first-order chi connectivity index (χ1) is 0. The van der Waals surface area contributed by atoms with Gasteiger partial charge >= 0.3 is 34.4 Å². The second kappa shape index (κ2) is 323. The van der Waals surface area contributed by atoms with Gasteiger partial charge in [0.25, 0.3) is 0 Å². The molecule has 1 radical (unpaired) electrons. The predicted octanol–water partition coefficient (Wildman–Crippen LogP) is -1.27. The van der Waals surface area contributed by atoms with Crippen molar-refractivity contribution in [2.24, 2.45) is 0 Å². The SMILES string of the molecule is [Al+3].[Cu+2].[OH-].[OH-].[OH-].[OH-].[OH-]. The Morgan fingerprint density at radius 2 is 0.429 bits per heavy atom. The molecule has 5 N–H and O–H groups in total. The summed E-state index contributed by atoms with van der Waals surface area (Å²) in [6, 6.07) is 0. The van der Waals surface area contributed by atoms with Crippen LogP contribution in [0.2, 0.25) is 0 Å². The molecule has 0 saturated carbocycles. The van der Waals surface area contributed by atoms with Crippen molar-refractivity contribution < 1.29 is 44.4 Å². The van der Waals surface area contributed by atoms with Gasteiger partial charge in [-0.3, -0.25) is 0 Å². The maximum absolute atomic E-state index is 0. The smallest absolute Gasteiger partial charge is 0.870 e. The normalized spacial score (nSPS) is 0. The van der Waals surface area contributed by atoms with E-state index < -0.39 is 0 Å². The van der Waals surface area contributed by atoms with Crippen molar-refractivity contribution in [1.82, 2.24) is 0 Å². The molecule has 0 aromatic heterocycles. The van der Waals surface area contributed by atoms with E-state index >= 15 is 0 Å². The Balaban J connectivity index is 0. The Morgan fingerprint density at radius 3 is 0.429 bits per heavy atom. The first-order valence-corrected chi connectivity index (χ1v) is 0. The largest absolute Gasteiger partial charge is 3.00 e. The molecule has 0 heterocycles. The Morgan fingerprint density at radius 1 is 0.429 bits per heavy atom. The third kappa shape index (κ3) is 222. The first kappa shape index (κ1) is 508. The summed E-state index contributed by atoms with van der Waals surface area (Å²) in [7, 11) is 0. The molecule has 0 unspecified atom stereocenters. The van der Waals surface area contributed by atoms with Crippen molar-refractivity contribution in [2.45, 2.75) is 0 Å². The van der Waals surface area contributed by atoms with Crippen LogP contribution in [-0.4, -0.2) is 44.7 Å². The minimum Gasteiger partial charge on any atom is -0.870 e. The van der Waals surface area contributed by atoms with Crippen molar-refractivity contribution in [3.8, 4) is 0 Å². The molecule has 0 aliphatic heterocycles. The molecule has 0 spiro atoms. The van der Waals surface area contributed by atoms with E-state index in [2.05, 4.69) is 0 Å². The van der Waals surface area contributed by atoms with Gasteiger partial charge in [-0.25, -0.2) is 0 Å².